The lowest BCUT2D eigenvalue weighted by Crippen LogP contribution is -2.48. The van der Waals surface area contributed by atoms with E-state index >= 15 is 0 Å². The van der Waals surface area contributed by atoms with Gasteiger partial charge in [0.15, 0.2) is 0 Å². The van der Waals surface area contributed by atoms with Gasteiger partial charge in [-0.3, -0.25) is 0 Å². The average Bonchev–Trinajstić information content (AvgIpc) is 2.74. The molecule has 0 amide bonds. The molecule has 0 spiro atoms. The summed E-state index contributed by atoms with van der Waals surface area (Å²) in [5, 5.41) is 1.14. The van der Waals surface area contributed by atoms with E-state index in [1.807, 2.05) is 12.1 Å². The molecule has 22 heavy (non-hydrogen) atoms. The SMILES string of the molecule is CCC[C@@H]1C[C@H]2CC[C@@H]([C@H]1COc1ccc(Cl)c(Cl)c1)N2C. The number of halogens is 2. The van der Waals surface area contributed by atoms with Crippen molar-refractivity contribution in [3.8, 4) is 5.75 Å². The molecular weight excluding hydrogens is 317 g/mol. The van der Waals surface area contributed by atoms with Gasteiger partial charge in [-0.1, -0.05) is 43.0 Å². The third kappa shape index (κ3) is 3.25. The second-order valence-electron chi connectivity index (χ2n) is 6.80. The van der Waals surface area contributed by atoms with Crippen molar-refractivity contribution in [3.63, 3.8) is 0 Å². The number of ether oxygens (including phenoxy) is 1. The maximum Gasteiger partial charge on any atom is 0.120 e. The zero-order valence-corrected chi connectivity index (χ0v) is 14.9. The molecule has 2 bridgehead atoms. The largest absolute Gasteiger partial charge is 0.493 e. The molecule has 2 aliphatic heterocycles. The standard InChI is InChI=1S/C18H25Cl2NO/c1-3-4-12-9-13-5-8-18(21(13)2)15(12)11-22-14-6-7-16(19)17(20)10-14/h6-7,10,12-13,15,18H,3-5,8-9,11H2,1-2H3/t12-,13-,15+,18+/m1/s1. The molecule has 4 heteroatoms. The van der Waals surface area contributed by atoms with Crippen molar-refractivity contribution in [1.29, 1.82) is 0 Å². The Bertz CT molecular complexity index is 522. The van der Waals surface area contributed by atoms with Gasteiger partial charge in [0.1, 0.15) is 5.75 Å². The molecule has 1 aromatic carbocycles. The Kier molecular flexibility index (Phi) is 5.21. The highest BCUT2D eigenvalue weighted by Gasteiger charge is 2.45. The van der Waals surface area contributed by atoms with E-state index in [0.717, 1.165) is 24.3 Å². The summed E-state index contributed by atoms with van der Waals surface area (Å²) in [5.41, 5.74) is 0. The fraction of sp³-hybridized carbons (Fsp3) is 0.667. The van der Waals surface area contributed by atoms with Crippen LogP contribution in [0, 0.1) is 11.8 Å². The van der Waals surface area contributed by atoms with Crippen LogP contribution in [0.3, 0.4) is 0 Å². The van der Waals surface area contributed by atoms with Gasteiger partial charge in [0, 0.05) is 24.1 Å². The van der Waals surface area contributed by atoms with Crippen LogP contribution in [0.2, 0.25) is 10.0 Å². The summed E-state index contributed by atoms with van der Waals surface area (Å²) in [5.74, 6) is 2.24. The van der Waals surface area contributed by atoms with Crippen LogP contribution in [0.15, 0.2) is 18.2 Å². The number of fused-ring (bicyclic) bond motifs is 2. The fourth-order valence-corrected chi connectivity index (χ4v) is 4.68. The zero-order chi connectivity index (χ0) is 15.7. The van der Waals surface area contributed by atoms with Gasteiger partial charge in [-0.25, -0.2) is 0 Å². The summed E-state index contributed by atoms with van der Waals surface area (Å²) in [6.07, 6.45) is 6.57. The number of benzene rings is 1. The first-order valence-corrected chi connectivity index (χ1v) is 9.15. The van der Waals surface area contributed by atoms with Gasteiger partial charge in [-0.2, -0.15) is 0 Å². The summed E-state index contributed by atoms with van der Waals surface area (Å²) >= 11 is 12.0. The molecule has 1 aromatic rings. The van der Waals surface area contributed by atoms with E-state index in [4.69, 9.17) is 27.9 Å². The van der Waals surface area contributed by atoms with Crippen molar-refractivity contribution in [2.24, 2.45) is 11.8 Å². The molecule has 0 radical (unpaired) electrons. The molecule has 0 N–H and O–H groups in total. The van der Waals surface area contributed by atoms with E-state index in [1.54, 1.807) is 6.07 Å². The first kappa shape index (κ1) is 16.4. The van der Waals surface area contributed by atoms with Crippen LogP contribution in [0.1, 0.15) is 39.0 Å². The van der Waals surface area contributed by atoms with Crippen LogP contribution in [0.4, 0.5) is 0 Å². The molecule has 2 saturated heterocycles. The van der Waals surface area contributed by atoms with Gasteiger partial charge < -0.3 is 9.64 Å². The van der Waals surface area contributed by atoms with Gasteiger partial charge >= 0.3 is 0 Å². The number of piperidine rings is 1. The van der Waals surface area contributed by atoms with Crippen molar-refractivity contribution in [1.82, 2.24) is 4.90 Å². The lowest BCUT2D eigenvalue weighted by molar-refractivity contribution is 0.0338. The number of nitrogens with zero attached hydrogens (tertiary/aromatic N) is 1. The van der Waals surface area contributed by atoms with Crippen LogP contribution in [0.5, 0.6) is 5.75 Å². The van der Waals surface area contributed by atoms with Crippen molar-refractivity contribution in [3.05, 3.63) is 28.2 Å². The van der Waals surface area contributed by atoms with Crippen LogP contribution < -0.4 is 4.74 Å². The lowest BCUT2D eigenvalue weighted by Gasteiger charge is -2.43. The minimum Gasteiger partial charge on any atom is -0.493 e. The van der Waals surface area contributed by atoms with Gasteiger partial charge in [0.05, 0.1) is 16.7 Å². The summed E-state index contributed by atoms with van der Waals surface area (Å²) in [6.45, 7) is 3.07. The van der Waals surface area contributed by atoms with E-state index in [1.165, 1.54) is 32.1 Å². The first-order chi connectivity index (χ1) is 10.6. The summed E-state index contributed by atoms with van der Waals surface area (Å²) < 4.78 is 6.09. The molecule has 0 aliphatic carbocycles. The molecule has 0 unspecified atom stereocenters. The molecule has 0 aromatic heterocycles. The molecule has 2 aliphatic rings. The Hall–Kier alpha value is -0.440. The molecule has 2 nitrogen and oxygen atoms in total. The molecule has 2 fully saturated rings. The van der Waals surface area contributed by atoms with E-state index in [0.29, 0.717) is 22.0 Å². The minimum atomic E-state index is 0.561. The van der Waals surface area contributed by atoms with Crippen LogP contribution in [-0.2, 0) is 0 Å². The van der Waals surface area contributed by atoms with E-state index in [-0.39, 0.29) is 0 Å². The van der Waals surface area contributed by atoms with Crippen molar-refractivity contribution < 1.29 is 4.74 Å². The van der Waals surface area contributed by atoms with Gasteiger partial charge in [0.2, 0.25) is 0 Å². The van der Waals surface area contributed by atoms with Crippen molar-refractivity contribution >= 4 is 23.2 Å². The third-order valence-corrected chi connectivity index (χ3v) is 6.30. The maximum absolute atomic E-state index is 6.09. The molecular formula is C18H25Cl2NO. The van der Waals surface area contributed by atoms with E-state index < -0.39 is 0 Å². The second-order valence-corrected chi connectivity index (χ2v) is 7.61. The Morgan fingerprint density at radius 3 is 2.77 bits per heavy atom. The summed E-state index contributed by atoms with van der Waals surface area (Å²) in [7, 11) is 2.29. The van der Waals surface area contributed by atoms with Gasteiger partial charge in [-0.15, -0.1) is 0 Å². The summed E-state index contributed by atoms with van der Waals surface area (Å²) in [6, 6.07) is 7.01. The van der Waals surface area contributed by atoms with Crippen molar-refractivity contribution in [2.75, 3.05) is 13.7 Å². The van der Waals surface area contributed by atoms with Crippen LogP contribution >= 0.6 is 23.2 Å². The highest BCUT2D eigenvalue weighted by atomic mass is 35.5. The Balaban J connectivity index is 1.69. The molecule has 2 heterocycles. The second kappa shape index (κ2) is 6.98. The maximum atomic E-state index is 6.09. The van der Waals surface area contributed by atoms with Gasteiger partial charge in [0.25, 0.3) is 0 Å². The van der Waals surface area contributed by atoms with E-state index in [2.05, 4.69) is 18.9 Å². The number of hydrogen-bond acceptors (Lipinski definition) is 2. The molecule has 4 atom stereocenters. The molecule has 122 valence electrons. The van der Waals surface area contributed by atoms with Crippen LogP contribution in [-0.4, -0.2) is 30.6 Å². The normalized spacial score (nSPS) is 31.5. The fourth-order valence-electron chi connectivity index (χ4n) is 4.39. The van der Waals surface area contributed by atoms with Gasteiger partial charge in [-0.05, 0) is 44.4 Å². The van der Waals surface area contributed by atoms with Crippen molar-refractivity contribution in [2.45, 2.75) is 51.1 Å². The first-order valence-electron chi connectivity index (χ1n) is 8.40. The zero-order valence-electron chi connectivity index (χ0n) is 13.4. The molecule has 3 rings (SSSR count). The minimum absolute atomic E-state index is 0.561. The Labute approximate surface area is 143 Å². The predicted octanol–water partition coefficient (Wildman–Crippen LogP) is 5.27. The third-order valence-electron chi connectivity index (χ3n) is 5.56. The smallest absolute Gasteiger partial charge is 0.120 e. The topological polar surface area (TPSA) is 12.5 Å². The predicted molar refractivity (Wildman–Crippen MR) is 93.0 cm³/mol. The number of rotatable bonds is 5. The van der Waals surface area contributed by atoms with E-state index in [9.17, 15) is 0 Å². The van der Waals surface area contributed by atoms with Crippen LogP contribution in [0.25, 0.3) is 0 Å². The average molecular weight is 342 g/mol. The molecule has 0 saturated carbocycles. The monoisotopic (exact) mass is 341 g/mol. The number of hydrogen-bond donors (Lipinski definition) is 0. The Morgan fingerprint density at radius 1 is 1.23 bits per heavy atom. The lowest BCUT2D eigenvalue weighted by atomic mass is 9.78. The quantitative estimate of drug-likeness (QED) is 0.723. The summed E-state index contributed by atoms with van der Waals surface area (Å²) in [4.78, 5) is 2.59. The highest BCUT2D eigenvalue weighted by Crippen LogP contribution is 2.43. The highest BCUT2D eigenvalue weighted by molar-refractivity contribution is 6.42. The Morgan fingerprint density at radius 2 is 2.05 bits per heavy atom.